The van der Waals surface area contributed by atoms with E-state index in [1.54, 1.807) is 0 Å². The molecule has 0 unspecified atom stereocenters. The number of aromatic nitrogens is 2. The monoisotopic (exact) mass is 293 g/mol. The molecule has 0 bridgehead atoms. The average molecular weight is 294 g/mol. The average Bonchev–Trinajstić information content (AvgIpc) is 2.29. The molecule has 0 spiro atoms. The van der Waals surface area contributed by atoms with Crippen LogP contribution in [0.25, 0.3) is 0 Å². The van der Waals surface area contributed by atoms with Gasteiger partial charge in [0.05, 0.1) is 6.20 Å². The normalized spacial score (nSPS) is 10.3. The Kier molecular flexibility index (Phi) is 3.28. The van der Waals surface area contributed by atoms with Gasteiger partial charge in [-0.25, -0.2) is 4.98 Å². The smallest absolute Gasteiger partial charge is 0.245 e. The van der Waals surface area contributed by atoms with E-state index in [2.05, 4.69) is 25.9 Å². The van der Waals surface area contributed by atoms with Crippen molar-refractivity contribution in [2.24, 2.45) is 0 Å². The lowest BCUT2D eigenvalue weighted by molar-refractivity contribution is 0.463. The van der Waals surface area contributed by atoms with E-state index in [1.807, 2.05) is 26.0 Å². The van der Waals surface area contributed by atoms with Crippen molar-refractivity contribution in [3.8, 4) is 11.6 Å². The van der Waals surface area contributed by atoms with Crippen molar-refractivity contribution >= 4 is 21.6 Å². The summed E-state index contributed by atoms with van der Waals surface area (Å²) in [7, 11) is 0. The number of nitrogens with two attached hydrogens (primary N) is 1. The quantitative estimate of drug-likeness (QED) is 0.923. The molecular formula is C12H12BrN3O. The molecule has 0 aliphatic carbocycles. The second-order valence-electron chi connectivity index (χ2n) is 3.76. The minimum atomic E-state index is 0.376. The van der Waals surface area contributed by atoms with E-state index in [9.17, 15) is 0 Å². The Bertz CT molecular complexity index is 534. The maximum Gasteiger partial charge on any atom is 0.245 e. The van der Waals surface area contributed by atoms with Crippen LogP contribution in [0.5, 0.6) is 11.6 Å². The summed E-state index contributed by atoms with van der Waals surface area (Å²) in [5.74, 6) is 1.09. The zero-order valence-electron chi connectivity index (χ0n) is 9.57. The second-order valence-corrected chi connectivity index (χ2v) is 4.55. The van der Waals surface area contributed by atoms with Crippen LogP contribution in [0.4, 0.5) is 5.69 Å². The molecule has 1 aromatic heterocycles. The number of ether oxygens (including phenoxy) is 1. The van der Waals surface area contributed by atoms with Gasteiger partial charge in [0.25, 0.3) is 0 Å². The number of halogens is 1. The van der Waals surface area contributed by atoms with Crippen molar-refractivity contribution in [1.29, 1.82) is 0 Å². The van der Waals surface area contributed by atoms with Crippen molar-refractivity contribution in [3.63, 3.8) is 0 Å². The summed E-state index contributed by atoms with van der Waals surface area (Å²) in [4.78, 5) is 7.80. The summed E-state index contributed by atoms with van der Waals surface area (Å²) in [6.45, 7) is 4.01. The highest BCUT2D eigenvalue weighted by molar-refractivity contribution is 9.10. The lowest BCUT2D eigenvalue weighted by Gasteiger charge is -2.09. The van der Waals surface area contributed by atoms with Gasteiger partial charge in [-0.3, -0.25) is 0 Å². The lowest BCUT2D eigenvalue weighted by Crippen LogP contribution is -1.96. The highest BCUT2D eigenvalue weighted by Crippen LogP contribution is 2.30. The molecule has 88 valence electrons. The van der Waals surface area contributed by atoms with Crippen LogP contribution in [0.3, 0.4) is 0 Å². The van der Waals surface area contributed by atoms with Gasteiger partial charge in [-0.05, 0) is 37.1 Å². The van der Waals surface area contributed by atoms with Gasteiger partial charge in [0.15, 0.2) is 0 Å². The zero-order chi connectivity index (χ0) is 12.4. The molecule has 0 atom stereocenters. The Labute approximate surface area is 108 Å². The van der Waals surface area contributed by atoms with Crippen molar-refractivity contribution in [2.75, 3.05) is 5.73 Å². The summed E-state index contributed by atoms with van der Waals surface area (Å²) in [6, 6.07) is 3.86. The van der Waals surface area contributed by atoms with E-state index < -0.39 is 0 Å². The first-order valence-corrected chi connectivity index (χ1v) is 5.87. The summed E-state index contributed by atoms with van der Waals surface area (Å²) in [5.41, 5.74) is 8.35. The summed E-state index contributed by atoms with van der Waals surface area (Å²) in [6.07, 6.45) is 2.92. The molecule has 0 radical (unpaired) electrons. The summed E-state index contributed by atoms with van der Waals surface area (Å²) < 4.78 is 6.71. The SMILES string of the molecule is Cc1cc(Oc2ncncc2N)cc(C)c1Br. The van der Waals surface area contributed by atoms with E-state index in [-0.39, 0.29) is 0 Å². The standard InChI is InChI=1S/C12H12BrN3O/c1-7-3-9(4-8(2)11(7)13)17-12-10(14)5-15-6-16-12/h3-6H,14H2,1-2H3. The Hall–Kier alpha value is -1.62. The first-order valence-electron chi connectivity index (χ1n) is 5.08. The molecule has 0 amide bonds. The number of benzene rings is 1. The van der Waals surface area contributed by atoms with Gasteiger partial charge >= 0.3 is 0 Å². The molecule has 2 aromatic rings. The number of aryl methyl sites for hydroxylation is 2. The third-order valence-electron chi connectivity index (χ3n) is 2.33. The molecule has 2 rings (SSSR count). The van der Waals surface area contributed by atoms with Gasteiger partial charge in [0.1, 0.15) is 17.8 Å². The van der Waals surface area contributed by atoms with Crippen LogP contribution >= 0.6 is 15.9 Å². The third-order valence-corrected chi connectivity index (χ3v) is 3.58. The number of hydrogen-bond acceptors (Lipinski definition) is 4. The molecule has 1 aromatic carbocycles. The fourth-order valence-electron chi connectivity index (χ4n) is 1.49. The molecule has 0 saturated carbocycles. The third kappa shape index (κ3) is 2.55. The fourth-order valence-corrected chi connectivity index (χ4v) is 1.72. The predicted molar refractivity (Wildman–Crippen MR) is 70.1 cm³/mol. The van der Waals surface area contributed by atoms with E-state index in [0.29, 0.717) is 17.3 Å². The second kappa shape index (κ2) is 4.71. The van der Waals surface area contributed by atoms with Crippen molar-refractivity contribution < 1.29 is 4.74 Å². The maximum absolute atomic E-state index is 5.72. The van der Waals surface area contributed by atoms with Gasteiger partial charge in [0.2, 0.25) is 5.88 Å². The van der Waals surface area contributed by atoms with Gasteiger partial charge < -0.3 is 10.5 Å². The van der Waals surface area contributed by atoms with Gasteiger partial charge in [-0.1, -0.05) is 15.9 Å². The zero-order valence-corrected chi connectivity index (χ0v) is 11.2. The van der Waals surface area contributed by atoms with Crippen LogP contribution in [-0.2, 0) is 0 Å². The van der Waals surface area contributed by atoms with Crippen LogP contribution in [0.1, 0.15) is 11.1 Å². The van der Waals surface area contributed by atoms with E-state index >= 15 is 0 Å². The number of nitrogens with zero attached hydrogens (tertiary/aromatic N) is 2. The Morgan fingerprint density at radius 2 is 1.88 bits per heavy atom. The van der Waals surface area contributed by atoms with E-state index in [0.717, 1.165) is 15.6 Å². The Morgan fingerprint density at radius 1 is 1.24 bits per heavy atom. The van der Waals surface area contributed by atoms with Crippen LogP contribution in [0.2, 0.25) is 0 Å². The highest BCUT2D eigenvalue weighted by Gasteiger charge is 2.07. The van der Waals surface area contributed by atoms with Crippen LogP contribution in [-0.4, -0.2) is 9.97 Å². The molecular weight excluding hydrogens is 282 g/mol. The first kappa shape index (κ1) is 11.9. The molecule has 1 heterocycles. The molecule has 0 aliphatic heterocycles. The molecule has 17 heavy (non-hydrogen) atoms. The Balaban J connectivity index is 2.34. The Morgan fingerprint density at radius 3 is 2.47 bits per heavy atom. The highest BCUT2D eigenvalue weighted by atomic mass is 79.9. The van der Waals surface area contributed by atoms with Crippen molar-refractivity contribution in [3.05, 3.63) is 40.3 Å². The number of anilines is 1. The van der Waals surface area contributed by atoms with Crippen molar-refractivity contribution in [2.45, 2.75) is 13.8 Å². The minimum Gasteiger partial charge on any atom is -0.437 e. The summed E-state index contributed by atoms with van der Waals surface area (Å²) in [5, 5.41) is 0. The van der Waals surface area contributed by atoms with Gasteiger partial charge in [0, 0.05) is 4.47 Å². The summed E-state index contributed by atoms with van der Waals surface area (Å²) >= 11 is 3.51. The maximum atomic E-state index is 5.72. The van der Waals surface area contributed by atoms with E-state index in [1.165, 1.54) is 12.5 Å². The van der Waals surface area contributed by atoms with Gasteiger partial charge in [-0.15, -0.1) is 0 Å². The van der Waals surface area contributed by atoms with Crippen molar-refractivity contribution in [1.82, 2.24) is 9.97 Å². The van der Waals surface area contributed by atoms with Crippen LogP contribution in [0, 0.1) is 13.8 Å². The minimum absolute atomic E-state index is 0.376. The number of nitrogen functional groups attached to an aromatic ring is 1. The molecule has 2 N–H and O–H groups in total. The number of hydrogen-bond donors (Lipinski definition) is 1. The first-order chi connectivity index (χ1) is 8.08. The number of rotatable bonds is 2. The molecule has 0 aliphatic rings. The fraction of sp³-hybridized carbons (Fsp3) is 0.167. The lowest BCUT2D eigenvalue weighted by atomic mass is 10.1. The molecule has 5 heteroatoms. The largest absolute Gasteiger partial charge is 0.437 e. The molecule has 4 nitrogen and oxygen atoms in total. The van der Waals surface area contributed by atoms with Crippen LogP contribution in [0.15, 0.2) is 29.1 Å². The molecule has 0 saturated heterocycles. The topological polar surface area (TPSA) is 61.0 Å². The molecule has 0 fully saturated rings. The van der Waals surface area contributed by atoms with E-state index in [4.69, 9.17) is 10.5 Å². The van der Waals surface area contributed by atoms with Crippen LogP contribution < -0.4 is 10.5 Å². The van der Waals surface area contributed by atoms with Gasteiger partial charge in [-0.2, -0.15) is 4.98 Å². The predicted octanol–water partition coefficient (Wildman–Crippen LogP) is 3.23.